The summed E-state index contributed by atoms with van der Waals surface area (Å²) < 4.78 is 23.6. The minimum Gasteiger partial charge on any atom is -0.338 e. The Morgan fingerprint density at radius 2 is 1.96 bits per heavy atom. The van der Waals surface area contributed by atoms with Crippen LogP contribution in [0.25, 0.3) is 0 Å². The zero-order chi connectivity index (χ0) is 17.7. The van der Waals surface area contributed by atoms with Crippen LogP contribution in [-0.4, -0.2) is 48.6 Å². The van der Waals surface area contributed by atoms with Crippen molar-refractivity contribution < 1.29 is 13.2 Å². The Hall–Kier alpha value is -1.01. The van der Waals surface area contributed by atoms with E-state index in [1.165, 1.54) is 0 Å². The molecular formula is C18H27NO3S2. The van der Waals surface area contributed by atoms with Gasteiger partial charge in [-0.15, -0.1) is 11.8 Å². The number of thioether (sulfide) groups is 1. The predicted molar refractivity (Wildman–Crippen MR) is 100.0 cm³/mol. The molecule has 0 spiro atoms. The van der Waals surface area contributed by atoms with Crippen molar-refractivity contribution in [3.8, 4) is 0 Å². The fourth-order valence-corrected chi connectivity index (χ4v) is 5.86. The molecule has 0 unspecified atom stereocenters. The largest absolute Gasteiger partial charge is 0.338 e. The Labute approximate surface area is 149 Å². The van der Waals surface area contributed by atoms with E-state index >= 15 is 0 Å². The van der Waals surface area contributed by atoms with Crippen LogP contribution in [0, 0.1) is 5.92 Å². The maximum Gasteiger partial charge on any atom is 0.236 e. The van der Waals surface area contributed by atoms with Gasteiger partial charge in [-0.3, -0.25) is 4.79 Å². The fraction of sp³-hybridized carbons (Fsp3) is 0.611. The predicted octanol–water partition coefficient (Wildman–Crippen LogP) is 3.23. The molecule has 24 heavy (non-hydrogen) atoms. The molecule has 6 heteroatoms. The summed E-state index contributed by atoms with van der Waals surface area (Å²) in [6.07, 6.45) is 1.40. The maximum absolute atomic E-state index is 13.2. The van der Waals surface area contributed by atoms with Crippen molar-refractivity contribution in [3.63, 3.8) is 0 Å². The standard InChI is InChI=1S/C18H27NO3S2/c1-4-11-19(15-10-12-24(21,22)13-15)18(20)17(14(2)3)23-16-8-6-5-7-9-16/h5-9,14-15,17H,4,10-13H2,1-3H3/t15-,17-/m1/s1. The van der Waals surface area contributed by atoms with Crippen molar-refractivity contribution in [2.24, 2.45) is 5.92 Å². The Morgan fingerprint density at radius 3 is 2.46 bits per heavy atom. The number of hydrogen-bond acceptors (Lipinski definition) is 4. The Balaban J connectivity index is 2.18. The summed E-state index contributed by atoms with van der Waals surface area (Å²) in [5, 5.41) is -0.192. The number of benzene rings is 1. The van der Waals surface area contributed by atoms with Crippen molar-refractivity contribution in [1.29, 1.82) is 0 Å². The Morgan fingerprint density at radius 1 is 1.29 bits per heavy atom. The van der Waals surface area contributed by atoms with Gasteiger partial charge in [-0.25, -0.2) is 8.42 Å². The van der Waals surface area contributed by atoms with E-state index in [9.17, 15) is 13.2 Å². The van der Waals surface area contributed by atoms with Crippen LogP contribution in [0.3, 0.4) is 0 Å². The first-order chi connectivity index (χ1) is 11.3. The summed E-state index contributed by atoms with van der Waals surface area (Å²) in [6.45, 7) is 6.75. The average Bonchev–Trinajstić information content (AvgIpc) is 2.90. The molecule has 1 aliphatic rings. The molecule has 1 amide bonds. The molecule has 0 aliphatic carbocycles. The van der Waals surface area contributed by atoms with Gasteiger partial charge in [0.05, 0.1) is 16.8 Å². The molecule has 0 aromatic heterocycles. The third-order valence-electron chi connectivity index (χ3n) is 4.25. The summed E-state index contributed by atoms with van der Waals surface area (Å²) >= 11 is 1.58. The number of carbonyl (C=O) groups excluding carboxylic acids is 1. The lowest BCUT2D eigenvalue weighted by Crippen LogP contribution is -2.47. The summed E-state index contributed by atoms with van der Waals surface area (Å²) in [5.74, 6) is 0.561. The van der Waals surface area contributed by atoms with Crippen molar-refractivity contribution in [1.82, 2.24) is 4.90 Å². The first kappa shape index (κ1) is 19.3. The van der Waals surface area contributed by atoms with Gasteiger partial charge in [-0.05, 0) is 30.9 Å². The van der Waals surface area contributed by atoms with Crippen LogP contribution < -0.4 is 0 Å². The van der Waals surface area contributed by atoms with E-state index in [-0.39, 0.29) is 34.6 Å². The van der Waals surface area contributed by atoms with Crippen LogP contribution in [0.2, 0.25) is 0 Å². The summed E-state index contributed by atoms with van der Waals surface area (Å²) in [6, 6.07) is 9.76. The van der Waals surface area contributed by atoms with Gasteiger partial charge < -0.3 is 4.90 Å². The summed E-state index contributed by atoms with van der Waals surface area (Å²) in [4.78, 5) is 16.1. The highest BCUT2D eigenvalue weighted by atomic mass is 32.2. The molecule has 0 saturated carbocycles. The number of amides is 1. The number of carbonyl (C=O) groups is 1. The van der Waals surface area contributed by atoms with E-state index < -0.39 is 9.84 Å². The Bertz CT molecular complexity index is 643. The SMILES string of the molecule is CCCN(C(=O)[C@H](Sc1ccccc1)C(C)C)[C@@H]1CCS(=O)(=O)C1. The highest BCUT2D eigenvalue weighted by Gasteiger charge is 2.37. The van der Waals surface area contributed by atoms with E-state index in [0.717, 1.165) is 11.3 Å². The molecule has 0 radical (unpaired) electrons. The van der Waals surface area contributed by atoms with Crippen LogP contribution >= 0.6 is 11.8 Å². The average molecular weight is 370 g/mol. The number of rotatable bonds is 7. The highest BCUT2D eigenvalue weighted by Crippen LogP contribution is 2.31. The van der Waals surface area contributed by atoms with Crippen LogP contribution in [-0.2, 0) is 14.6 Å². The molecule has 0 N–H and O–H groups in total. The van der Waals surface area contributed by atoms with Gasteiger partial charge in [-0.1, -0.05) is 39.0 Å². The molecule has 1 aromatic rings. The van der Waals surface area contributed by atoms with E-state index in [0.29, 0.717) is 13.0 Å². The van der Waals surface area contributed by atoms with Gasteiger partial charge in [0.15, 0.2) is 9.84 Å². The molecule has 1 fully saturated rings. The second-order valence-corrected chi connectivity index (χ2v) is 10.1. The fourth-order valence-electron chi connectivity index (χ4n) is 3.02. The summed E-state index contributed by atoms with van der Waals surface area (Å²) in [5.41, 5.74) is 0. The zero-order valence-corrected chi connectivity index (χ0v) is 16.3. The molecule has 134 valence electrons. The molecule has 1 aromatic carbocycles. The van der Waals surface area contributed by atoms with E-state index in [1.807, 2.05) is 56.0 Å². The molecular weight excluding hydrogens is 342 g/mol. The molecule has 2 atom stereocenters. The van der Waals surface area contributed by atoms with E-state index in [2.05, 4.69) is 0 Å². The lowest BCUT2D eigenvalue weighted by atomic mass is 10.1. The molecule has 1 saturated heterocycles. The van der Waals surface area contributed by atoms with Crippen molar-refractivity contribution in [2.75, 3.05) is 18.1 Å². The van der Waals surface area contributed by atoms with Crippen molar-refractivity contribution >= 4 is 27.5 Å². The second-order valence-electron chi connectivity index (χ2n) is 6.68. The minimum absolute atomic E-state index is 0.0720. The number of hydrogen-bond donors (Lipinski definition) is 0. The van der Waals surface area contributed by atoms with Gasteiger partial charge in [0.1, 0.15) is 0 Å². The monoisotopic (exact) mass is 369 g/mol. The van der Waals surface area contributed by atoms with Gasteiger partial charge in [-0.2, -0.15) is 0 Å². The van der Waals surface area contributed by atoms with E-state index in [4.69, 9.17) is 0 Å². The first-order valence-corrected chi connectivity index (χ1v) is 11.3. The minimum atomic E-state index is -3.00. The van der Waals surface area contributed by atoms with E-state index in [1.54, 1.807) is 11.8 Å². The highest BCUT2D eigenvalue weighted by molar-refractivity contribution is 8.00. The third-order valence-corrected chi connectivity index (χ3v) is 7.55. The number of sulfone groups is 1. The summed E-state index contributed by atoms with van der Waals surface area (Å²) in [7, 11) is -3.00. The maximum atomic E-state index is 13.2. The molecule has 0 bridgehead atoms. The van der Waals surface area contributed by atoms with Crippen LogP contribution in [0.15, 0.2) is 35.2 Å². The first-order valence-electron chi connectivity index (χ1n) is 8.56. The quantitative estimate of drug-likeness (QED) is 0.693. The zero-order valence-electron chi connectivity index (χ0n) is 14.6. The van der Waals surface area contributed by atoms with Gasteiger partial charge in [0.2, 0.25) is 5.91 Å². The van der Waals surface area contributed by atoms with Crippen LogP contribution in [0.1, 0.15) is 33.6 Å². The van der Waals surface area contributed by atoms with Gasteiger partial charge in [0, 0.05) is 17.5 Å². The van der Waals surface area contributed by atoms with Crippen LogP contribution in [0.5, 0.6) is 0 Å². The molecule has 2 rings (SSSR count). The second kappa shape index (κ2) is 8.39. The normalized spacial score (nSPS) is 20.9. The molecule has 1 heterocycles. The number of nitrogens with zero attached hydrogens (tertiary/aromatic N) is 1. The lowest BCUT2D eigenvalue weighted by molar-refractivity contribution is -0.133. The van der Waals surface area contributed by atoms with Gasteiger partial charge >= 0.3 is 0 Å². The van der Waals surface area contributed by atoms with Crippen molar-refractivity contribution in [2.45, 2.75) is 49.8 Å². The Kier molecular flexibility index (Phi) is 6.75. The van der Waals surface area contributed by atoms with Gasteiger partial charge in [0.25, 0.3) is 0 Å². The molecule has 1 aliphatic heterocycles. The van der Waals surface area contributed by atoms with Crippen molar-refractivity contribution in [3.05, 3.63) is 30.3 Å². The third kappa shape index (κ3) is 4.99. The topological polar surface area (TPSA) is 54.5 Å². The lowest BCUT2D eigenvalue weighted by Gasteiger charge is -2.32. The van der Waals surface area contributed by atoms with Crippen LogP contribution in [0.4, 0.5) is 0 Å². The molecule has 4 nitrogen and oxygen atoms in total. The smallest absolute Gasteiger partial charge is 0.236 e.